The molecule has 3 nitrogen and oxygen atoms in total. The maximum absolute atomic E-state index is 13.4. The average Bonchev–Trinajstić information content (AvgIpc) is 2.32. The van der Waals surface area contributed by atoms with Gasteiger partial charge in [-0.1, -0.05) is 12.1 Å². The van der Waals surface area contributed by atoms with Gasteiger partial charge in [-0.25, -0.2) is 12.8 Å². The second-order valence-electron chi connectivity index (χ2n) is 3.66. The van der Waals surface area contributed by atoms with Gasteiger partial charge in [0.05, 0.1) is 11.4 Å². The SMILES string of the molecule is O=S(=O)(Cc1ccc(Br)cn1)c1ccccc1F. The van der Waals surface area contributed by atoms with E-state index in [1.54, 1.807) is 12.1 Å². The second-order valence-corrected chi connectivity index (χ2v) is 6.53. The number of nitrogens with zero attached hydrogens (tertiary/aromatic N) is 1. The highest BCUT2D eigenvalue weighted by Gasteiger charge is 2.19. The van der Waals surface area contributed by atoms with Crippen molar-refractivity contribution in [1.29, 1.82) is 0 Å². The van der Waals surface area contributed by atoms with Crippen molar-refractivity contribution in [2.45, 2.75) is 10.6 Å². The minimum absolute atomic E-state index is 0.297. The zero-order chi connectivity index (χ0) is 13.2. The van der Waals surface area contributed by atoms with E-state index in [2.05, 4.69) is 20.9 Å². The Balaban J connectivity index is 2.33. The summed E-state index contributed by atoms with van der Waals surface area (Å²) in [6.07, 6.45) is 1.51. The third kappa shape index (κ3) is 2.94. The van der Waals surface area contributed by atoms with E-state index in [4.69, 9.17) is 0 Å². The summed E-state index contributed by atoms with van der Waals surface area (Å²) in [6, 6.07) is 8.60. The Bertz CT molecular complexity index is 656. The first-order chi connectivity index (χ1) is 8.49. The van der Waals surface area contributed by atoms with Crippen molar-refractivity contribution >= 4 is 25.8 Å². The minimum atomic E-state index is -3.71. The smallest absolute Gasteiger partial charge is 0.186 e. The van der Waals surface area contributed by atoms with Crippen LogP contribution in [0, 0.1) is 5.82 Å². The first-order valence-corrected chi connectivity index (χ1v) is 7.51. The normalized spacial score (nSPS) is 11.4. The van der Waals surface area contributed by atoms with E-state index in [1.807, 2.05) is 0 Å². The van der Waals surface area contributed by atoms with Gasteiger partial charge >= 0.3 is 0 Å². The number of pyridine rings is 1. The lowest BCUT2D eigenvalue weighted by Crippen LogP contribution is -2.08. The number of hydrogen-bond acceptors (Lipinski definition) is 3. The van der Waals surface area contributed by atoms with Crippen LogP contribution >= 0.6 is 15.9 Å². The molecule has 1 heterocycles. The number of hydrogen-bond donors (Lipinski definition) is 0. The van der Waals surface area contributed by atoms with Crippen LogP contribution < -0.4 is 0 Å². The van der Waals surface area contributed by atoms with Gasteiger partial charge in [-0.05, 0) is 40.2 Å². The van der Waals surface area contributed by atoms with Crippen LogP contribution in [0.2, 0.25) is 0 Å². The van der Waals surface area contributed by atoms with Crippen LogP contribution in [0.1, 0.15) is 5.69 Å². The van der Waals surface area contributed by atoms with E-state index in [0.717, 1.165) is 10.5 Å². The highest BCUT2D eigenvalue weighted by atomic mass is 79.9. The van der Waals surface area contributed by atoms with Crippen molar-refractivity contribution < 1.29 is 12.8 Å². The third-order valence-corrected chi connectivity index (χ3v) is 4.44. The Labute approximate surface area is 113 Å². The Morgan fingerprint density at radius 2 is 1.89 bits per heavy atom. The molecule has 0 fully saturated rings. The molecule has 0 radical (unpaired) electrons. The van der Waals surface area contributed by atoms with Gasteiger partial charge in [0.2, 0.25) is 0 Å². The molecule has 0 atom stereocenters. The fourth-order valence-corrected chi connectivity index (χ4v) is 3.06. The average molecular weight is 330 g/mol. The molecule has 0 N–H and O–H groups in total. The van der Waals surface area contributed by atoms with Gasteiger partial charge < -0.3 is 0 Å². The van der Waals surface area contributed by atoms with Crippen LogP contribution in [-0.4, -0.2) is 13.4 Å². The molecule has 0 aliphatic rings. The van der Waals surface area contributed by atoms with Crippen LogP contribution in [0.5, 0.6) is 0 Å². The van der Waals surface area contributed by atoms with E-state index in [1.165, 1.54) is 24.4 Å². The molecule has 2 rings (SSSR count). The van der Waals surface area contributed by atoms with Gasteiger partial charge in [-0.3, -0.25) is 4.98 Å². The standard InChI is InChI=1S/C12H9BrFNO2S/c13-9-5-6-10(15-7-9)8-18(16,17)12-4-2-1-3-11(12)14/h1-7H,8H2. The number of halogens is 2. The van der Waals surface area contributed by atoms with Gasteiger partial charge in [0.25, 0.3) is 0 Å². The van der Waals surface area contributed by atoms with Gasteiger partial charge in [-0.2, -0.15) is 0 Å². The lowest BCUT2D eigenvalue weighted by molar-refractivity contribution is 0.566. The van der Waals surface area contributed by atoms with Crippen molar-refractivity contribution in [1.82, 2.24) is 4.98 Å². The Hall–Kier alpha value is -1.27. The maximum atomic E-state index is 13.4. The summed E-state index contributed by atoms with van der Waals surface area (Å²) in [5, 5.41) is 0. The predicted octanol–water partition coefficient (Wildman–Crippen LogP) is 2.96. The number of aromatic nitrogens is 1. The maximum Gasteiger partial charge on any atom is 0.186 e. The Morgan fingerprint density at radius 1 is 1.17 bits per heavy atom. The second kappa shape index (κ2) is 5.16. The zero-order valence-electron chi connectivity index (χ0n) is 9.18. The molecular weight excluding hydrogens is 321 g/mol. The molecule has 94 valence electrons. The minimum Gasteiger partial charge on any atom is -0.259 e. The summed E-state index contributed by atoms with van der Waals surface area (Å²) in [6.45, 7) is 0. The third-order valence-electron chi connectivity index (χ3n) is 2.30. The van der Waals surface area contributed by atoms with E-state index >= 15 is 0 Å². The first-order valence-electron chi connectivity index (χ1n) is 5.07. The predicted molar refractivity (Wildman–Crippen MR) is 69.2 cm³/mol. The Morgan fingerprint density at radius 3 is 2.50 bits per heavy atom. The Kier molecular flexibility index (Phi) is 3.77. The molecule has 0 bridgehead atoms. The molecule has 0 aliphatic carbocycles. The zero-order valence-corrected chi connectivity index (χ0v) is 11.6. The number of rotatable bonds is 3. The van der Waals surface area contributed by atoms with Gasteiger partial charge in [0.15, 0.2) is 9.84 Å². The molecule has 6 heteroatoms. The summed E-state index contributed by atoms with van der Waals surface area (Å²) >= 11 is 3.21. The summed E-state index contributed by atoms with van der Waals surface area (Å²) in [5.41, 5.74) is 0.376. The van der Waals surface area contributed by atoms with Crippen molar-refractivity contribution in [3.8, 4) is 0 Å². The number of benzene rings is 1. The molecule has 0 saturated carbocycles. The fourth-order valence-electron chi connectivity index (χ4n) is 1.46. The molecule has 1 aromatic carbocycles. The van der Waals surface area contributed by atoms with Crippen molar-refractivity contribution in [3.63, 3.8) is 0 Å². The molecule has 0 unspecified atom stereocenters. The monoisotopic (exact) mass is 329 g/mol. The molecular formula is C12H9BrFNO2S. The summed E-state index contributed by atoms with van der Waals surface area (Å²) in [5.74, 6) is -1.06. The van der Waals surface area contributed by atoms with Gasteiger partial charge in [-0.15, -0.1) is 0 Å². The molecule has 0 aliphatic heterocycles. The lowest BCUT2D eigenvalue weighted by atomic mass is 10.3. The van der Waals surface area contributed by atoms with Crippen molar-refractivity contribution in [2.24, 2.45) is 0 Å². The number of sulfone groups is 1. The van der Waals surface area contributed by atoms with E-state index in [0.29, 0.717) is 5.69 Å². The van der Waals surface area contributed by atoms with Crippen LogP contribution in [0.15, 0.2) is 52.0 Å². The van der Waals surface area contributed by atoms with Crippen molar-refractivity contribution in [2.75, 3.05) is 0 Å². The first kappa shape index (κ1) is 13.2. The quantitative estimate of drug-likeness (QED) is 0.869. The fraction of sp³-hybridized carbons (Fsp3) is 0.0833. The molecule has 0 saturated heterocycles. The molecule has 1 aromatic heterocycles. The van der Waals surface area contributed by atoms with Crippen molar-refractivity contribution in [3.05, 3.63) is 58.6 Å². The topological polar surface area (TPSA) is 47.0 Å². The highest BCUT2D eigenvalue weighted by molar-refractivity contribution is 9.10. The molecule has 18 heavy (non-hydrogen) atoms. The molecule has 2 aromatic rings. The largest absolute Gasteiger partial charge is 0.259 e. The van der Waals surface area contributed by atoms with Crippen LogP contribution in [0.4, 0.5) is 4.39 Å². The van der Waals surface area contributed by atoms with Gasteiger partial charge in [0.1, 0.15) is 10.7 Å². The lowest BCUT2D eigenvalue weighted by Gasteiger charge is -2.05. The summed E-state index contributed by atoms with van der Waals surface area (Å²) in [7, 11) is -3.71. The van der Waals surface area contributed by atoms with Crippen LogP contribution in [0.3, 0.4) is 0 Å². The van der Waals surface area contributed by atoms with E-state index in [-0.39, 0.29) is 10.6 Å². The summed E-state index contributed by atoms with van der Waals surface area (Å²) in [4.78, 5) is 3.67. The van der Waals surface area contributed by atoms with Gasteiger partial charge in [0, 0.05) is 10.7 Å². The van der Waals surface area contributed by atoms with Crippen LogP contribution in [0.25, 0.3) is 0 Å². The molecule has 0 amide bonds. The summed E-state index contributed by atoms with van der Waals surface area (Å²) < 4.78 is 38.2. The highest BCUT2D eigenvalue weighted by Crippen LogP contribution is 2.19. The van der Waals surface area contributed by atoms with E-state index in [9.17, 15) is 12.8 Å². The molecule has 0 spiro atoms. The van der Waals surface area contributed by atoms with E-state index < -0.39 is 15.7 Å². The van der Waals surface area contributed by atoms with Crippen LogP contribution in [-0.2, 0) is 15.6 Å².